The molecule has 0 spiro atoms. The minimum atomic E-state index is 0.729. The second-order valence-corrected chi connectivity index (χ2v) is 3.19. The van der Waals surface area contributed by atoms with E-state index in [0.717, 1.165) is 12.0 Å². The summed E-state index contributed by atoms with van der Waals surface area (Å²) >= 11 is 0. The zero-order valence-corrected chi connectivity index (χ0v) is 7.46. The predicted molar refractivity (Wildman–Crippen MR) is 49.5 cm³/mol. The third-order valence-electron chi connectivity index (χ3n) is 1.64. The van der Waals surface area contributed by atoms with Gasteiger partial charge in [-0.3, -0.25) is 0 Å². The van der Waals surface area contributed by atoms with E-state index in [9.17, 15) is 0 Å². The van der Waals surface area contributed by atoms with Crippen molar-refractivity contribution >= 4 is 0 Å². The second kappa shape index (κ2) is 3.92. The lowest BCUT2D eigenvalue weighted by Gasteiger charge is -2.03. The molecule has 0 aliphatic carbocycles. The summed E-state index contributed by atoms with van der Waals surface area (Å²) in [6.07, 6.45) is 1.01. The molecule has 0 bridgehead atoms. The first kappa shape index (κ1) is 8.80. The summed E-state index contributed by atoms with van der Waals surface area (Å²) in [5.41, 5.74) is 2.00. The first-order valence-corrected chi connectivity index (χ1v) is 4.00. The molecule has 0 saturated heterocycles. The van der Waals surface area contributed by atoms with Crippen LogP contribution >= 0.6 is 0 Å². The normalized spacial score (nSPS) is 9.83. The second-order valence-electron chi connectivity index (χ2n) is 3.19. The zero-order valence-electron chi connectivity index (χ0n) is 7.46. The minimum Gasteiger partial charge on any atom is -0.192 e. The minimum absolute atomic E-state index is 0.729. The highest BCUT2D eigenvalue weighted by Gasteiger charge is 1.97. The zero-order chi connectivity index (χ0) is 8.97. The molecule has 12 heavy (non-hydrogen) atoms. The summed E-state index contributed by atoms with van der Waals surface area (Å²) in [5.74, 6) is 1.39. The Morgan fingerprint density at radius 1 is 1.25 bits per heavy atom. The first-order valence-electron chi connectivity index (χ1n) is 4.00. The molecule has 0 unspecified atom stereocenters. The van der Waals surface area contributed by atoms with Gasteiger partial charge in [0, 0.05) is 0 Å². The summed E-state index contributed by atoms with van der Waals surface area (Å²) in [4.78, 5) is 0. The van der Waals surface area contributed by atoms with Crippen molar-refractivity contribution in [1.29, 1.82) is 5.26 Å². The van der Waals surface area contributed by atoms with Crippen molar-refractivity contribution < 1.29 is 0 Å². The highest BCUT2D eigenvalue weighted by Crippen LogP contribution is 2.09. The van der Waals surface area contributed by atoms with E-state index < -0.39 is 0 Å². The van der Waals surface area contributed by atoms with Crippen LogP contribution < -0.4 is 0 Å². The molecule has 1 rings (SSSR count). The molecule has 0 N–H and O–H groups in total. The molecule has 0 aliphatic rings. The Bertz CT molecular complexity index is 277. The van der Waals surface area contributed by atoms with Gasteiger partial charge >= 0.3 is 0 Å². The van der Waals surface area contributed by atoms with Crippen LogP contribution in [0.2, 0.25) is 0 Å². The third kappa shape index (κ3) is 2.39. The molecule has 1 radical (unpaired) electrons. The van der Waals surface area contributed by atoms with Crippen LogP contribution in [0.3, 0.4) is 0 Å². The lowest BCUT2D eigenvalue weighted by atomic mass is 10.0. The molecular formula is C11H12N. The molecule has 0 heterocycles. The average molecular weight is 158 g/mol. The van der Waals surface area contributed by atoms with Crippen molar-refractivity contribution in [2.75, 3.05) is 0 Å². The summed E-state index contributed by atoms with van der Waals surface area (Å²) in [6, 6.07) is 9.83. The van der Waals surface area contributed by atoms with Gasteiger partial charge in [0.05, 0.1) is 11.6 Å². The molecule has 0 fully saturated rings. The van der Waals surface area contributed by atoms with E-state index in [4.69, 9.17) is 5.26 Å². The van der Waals surface area contributed by atoms with E-state index in [1.807, 2.05) is 24.3 Å². The van der Waals surface area contributed by atoms with Crippen molar-refractivity contribution in [3.05, 3.63) is 41.3 Å². The summed E-state index contributed by atoms with van der Waals surface area (Å²) in [6.45, 7) is 4.22. The lowest BCUT2D eigenvalue weighted by Crippen LogP contribution is -1.91. The van der Waals surface area contributed by atoms with Crippen LogP contribution in [0.4, 0.5) is 0 Å². The molecule has 0 aliphatic heterocycles. The van der Waals surface area contributed by atoms with Crippen LogP contribution in [-0.4, -0.2) is 0 Å². The van der Waals surface area contributed by atoms with Crippen LogP contribution in [0.25, 0.3) is 0 Å². The summed E-state index contributed by atoms with van der Waals surface area (Å²) in [5, 5.41) is 8.56. The van der Waals surface area contributed by atoms with Gasteiger partial charge < -0.3 is 0 Å². The van der Waals surface area contributed by atoms with Gasteiger partial charge in [0.15, 0.2) is 0 Å². The summed E-state index contributed by atoms with van der Waals surface area (Å²) < 4.78 is 0. The molecule has 0 aromatic heterocycles. The van der Waals surface area contributed by atoms with Gasteiger partial charge in [0.2, 0.25) is 0 Å². The Labute approximate surface area is 73.6 Å². The fourth-order valence-corrected chi connectivity index (χ4v) is 1.11. The van der Waals surface area contributed by atoms with Gasteiger partial charge in [-0.15, -0.1) is 0 Å². The van der Waals surface area contributed by atoms with Crippen LogP contribution in [0.5, 0.6) is 0 Å². The summed E-state index contributed by atoms with van der Waals surface area (Å²) in [7, 11) is 0. The largest absolute Gasteiger partial charge is 0.192 e. The molecular weight excluding hydrogens is 146 g/mol. The van der Waals surface area contributed by atoms with Crippen LogP contribution in [0.15, 0.2) is 24.3 Å². The Kier molecular flexibility index (Phi) is 2.88. The first-order chi connectivity index (χ1) is 5.72. The molecule has 61 valence electrons. The Morgan fingerprint density at radius 3 is 2.25 bits per heavy atom. The highest BCUT2D eigenvalue weighted by molar-refractivity contribution is 5.32. The Morgan fingerprint density at radius 2 is 1.83 bits per heavy atom. The number of nitrogens with zero attached hydrogens (tertiary/aromatic N) is 1. The smallest absolute Gasteiger partial charge is 0.0991 e. The number of nitriles is 1. The fourth-order valence-electron chi connectivity index (χ4n) is 1.11. The van der Waals surface area contributed by atoms with Crippen LogP contribution in [-0.2, 0) is 6.42 Å². The lowest BCUT2D eigenvalue weighted by molar-refractivity contribution is 0.957. The van der Waals surface area contributed by atoms with E-state index in [1.165, 1.54) is 11.5 Å². The highest BCUT2D eigenvalue weighted by atomic mass is 14.2. The van der Waals surface area contributed by atoms with Crippen LogP contribution in [0, 0.1) is 17.2 Å². The predicted octanol–water partition coefficient (Wildman–Crippen LogP) is 2.72. The van der Waals surface area contributed by atoms with Gasteiger partial charge in [-0.2, -0.15) is 5.26 Å². The van der Waals surface area contributed by atoms with E-state index in [-0.39, 0.29) is 0 Å². The molecule has 1 nitrogen and oxygen atoms in total. The van der Waals surface area contributed by atoms with E-state index in [2.05, 4.69) is 19.9 Å². The molecule has 0 atom stereocenters. The number of hydrogen-bond donors (Lipinski definition) is 0. The average Bonchev–Trinajstić information content (AvgIpc) is 2.05. The monoisotopic (exact) mass is 158 g/mol. The van der Waals surface area contributed by atoms with E-state index >= 15 is 0 Å². The van der Waals surface area contributed by atoms with Crippen molar-refractivity contribution in [3.63, 3.8) is 0 Å². The van der Waals surface area contributed by atoms with Gasteiger partial charge in [0.25, 0.3) is 0 Å². The molecule has 1 heteroatoms. The maximum absolute atomic E-state index is 8.56. The molecule has 0 amide bonds. The third-order valence-corrected chi connectivity index (χ3v) is 1.64. The maximum atomic E-state index is 8.56. The maximum Gasteiger partial charge on any atom is 0.0991 e. The van der Waals surface area contributed by atoms with Gasteiger partial charge in [-0.1, -0.05) is 26.0 Å². The number of rotatable bonds is 2. The Hall–Kier alpha value is -1.29. The van der Waals surface area contributed by atoms with Gasteiger partial charge in [0.1, 0.15) is 0 Å². The van der Waals surface area contributed by atoms with Crippen molar-refractivity contribution in [1.82, 2.24) is 0 Å². The van der Waals surface area contributed by atoms with E-state index in [1.54, 1.807) is 0 Å². The van der Waals surface area contributed by atoms with Gasteiger partial charge in [-0.25, -0.2) is 0 Å². The number of benzene rings is 1. The van der Waals surface area contributed by atoms with Crippen molar-refractivity contribution in [2.24, 2.45) is 0 Å². The molecule has 1 aromatic rings. The Balaban J connectivity index is 2.73. The van der Waals surface area contributed by atoms with Crippen molar-refractivity contribution in [3.8, 4) is 6.07 Å². The SMILES string of the molecule is C[C](C)Cc1ccc(C#N)cc1. The standard InChI is InChI=1S/C11H12N/c1-9(2)7-10-3-5-11(8-12)6-4-10/h3-6H,7H2,1-2H3. The van der Waals surface area contributed by atoms with E-state index in [0.29, 0.717) is 0 Å². The molecule has 1 aromatic carbocycles. The fraction of sp³-hybridized carbons (Fsp3) is 0.273. The quantitative estimate of drug-likeness (QED) is 0.649. The molecule has 0 saturated carbocycles. The van der Waals surface area contributed by atoms with Crippen molar-refractivity contribution in [2.45, 2.75) is 20.3 Å². The van der Waals surface area contributed by atoms with Crippen LogP contribution in [0.1, 0.15) is 25.0 Å². The topological polar surface area (TPSA) is 23.8 Å². The van der Waals surface area contributed by atoms with Gasteiger partial charge in [-0.05, 0) is 30.0 Å². The number of hydrogen-bond acceptors (Lipinski definition) is 1.